The van der Waals surface area contributed by atoms with Gasteiger partial charge in [-0.3, -0.25) is 13.9 Å². The molecule has 4 rings (SSSR count). The first-order valence-corrected chi connectivity index (χ1v) is 12.0. The van der Waals surface area contributed by atoms with Gasteiger partial charge < -0.3 is 10.1 Å². The second kappa shape index (κ2) is 10.2. The molecule has 172 valence electrons. The van der Waals surface area contributed by atoms with Crippen LogP contribution in [0.4, 0.5) is 5.69 Å². The lowest BCUT2D eigenvalue weighted by Gasteiger charge is -2.24. The second-order valence-corrected chi connectivity index (χ2v) is 8.87. The number of benzene rings is 1. The van der Waals surface area contributed by atoms with Crippen molar-refractivity contribution in [3.05, 3.63) is 51.2 Å². The van der Waals surface area contributed by atoms with E-state index < -0.39 is 5.97 Å². The van der Waals surface area contributed by atoms with E-state index in [4.69, 9.17) is 4.74 Å². The van der Waals surface area contributed by atoms with Gasteiger partial charge in [0.05, 0.1) is 17.5 Å². The van der Waals surface area contributed by atoms with E-state index in [1.807, 2.05) is 22.8 Å². The van der Waals surface area contributed by atoms with Crippen LogP contribution in [0.25, 0.3) is 10.9 Å². The minimum Gasteiger partial charge on any atom is -0.463 e. The third-order valence-electron chi connectivity index (χ3n) is 6.66. The van der Waals surface area contributed by atoms with Crippen LogP contribution in [0.5, 0.6) is 0 Å². The van der Waals surface area contributed by atoms with E-state index in [0.717, 1.165) is 44.2 Å². The summed E-state index contributed by atoms with van der Waals surface area (Å²) in [4.78, 5) is 38.3. The summed E-state index contributed by atoms with van der Waals surface area (Å²) in [7, 11) is 0. The Labute approximate surface area is 188 Å². The van der Waals surface area contributed by atoms with Gasteiger partial charge >= 0.3 is 11.7 Å². The average Bonchev–Trinajstić information content (AvgIpc) is 3.31. The maximum Gasteiger partial charge on any atom is 0.332 e. The molecule has 2 aromatic rings. The molecule has 0 unspecified atom stereocenters. The van der Waals surface area contributed by atoms with Crippen LogP contribution < -0.4 is 16.6 Å². The predicted molar refractivity (Wildman–Crippen MR) is 126 cm³/mol. The van der Waals surface area contributed by atoms with Crippen molar-refractivity contribution in [2.45, 2.75) is 83.3 Å². The molecule has 7 heteroatoms. The minimum atomic E-state index is -0.476. The van der Waals surface area contributed by atoms with Crippen molar-refractivity contribution in [1.82, 2.24) is 9.13 Å². The van der Waals surface area contributed by atoms with Gasteiger partial charge in [0.15, 0.2) is 0 Å². The number of esters is 1. The van der Waals surface area contributed by atoms with E-state index in [0.29, 0.717) is 16.9 Å². The number of nitrogens with one attached hydrogen (secondary N) is 1. The molecule has 1 heterocycles. The number of fused-ring (bicyclic) bond motifs is 1. The summed E-state index contributed by atoms with van der Waals surface area (Å²) >= 11 is 0. The minimum absolute atomic E-state index is 0.0429. The molecule has 2 aliphatic rings. The Balaban J connectivity index is 1.74. The van der Waals surface area contributed by atoms with Gasteiger partial charge in [0, 0.05) is 30.4 Å². The maximum atomic E-state index is 13.4. The first-order chi connectivity index (χ1) is 15.6. The summed E-state index contributed by atoms with van der Waals surface area (Å²) < 4.78 is 7.93. The summed E-state index contributed by atoms with van der Waals surface area (Å²) in [6.45, 7) is 2.06. The van der Waals surface area contributed by atoms with Crippen LogP contribution in [-0.4, -0.2) is 27.8 Å². The molecule has 2 saturated carbocycles. The number of allylic oxidation sites excluding steroid dienone is 1. The largest absolute Gasteiger partial charge is 0.463 e. The lowest BCUT2D eigenvalue weighted by molar-refractivity contribution is -0.137. The van der Waals surface area contributed by atoms with Gasteiger partial charge in [-0.05, 0) is 50.8 Å². The van der Waals surface area contributed by atoms with Crippen molar-refractivity contribution in [2.75, 3.05) is 11.9 Å². The molecule has 0 aliphatic heterocycles. The molecule has 1 N–H and O–H groups in total. The molecule has 7 nitrogen and oxygen atoms in total. The fraction of sp³-hybridized carbons (Fsp3) is 0.560. The van der Waals surface area contributed by atoms with Crippen molar-refractivity contribution in [2.24, 2.45) is 0 Å². The quantitative estimate of drug-likeness (QED) is 0.518. The number of hydrogen-bond acceptors (Lipinski definition) is 5. The molecule has 2 fully saturated rings. The number of carbonyl (C=O) groups excluding carboxylic acids is 1. The summed E-state index contributed by atoms with van der Waals surface area (Å²) in [5, 5.41) is 4.15. The Morgan fingerprint density at radius 3 is 2.53 bits per heavy atom. The van der Waals surface area contributed by atoms with Crippen molar-refractivity contribution in [3.8, 4) is 0 Å². The zero-order chi connectivity index (χ0) is 22.5. The summed E-state index contributed by atoms with van der Waals surface area (Å²) in [5.74, 6) is -0.476. The molecule has 1 aromatic carbocycles. The van der Waals surface area contributed by atoms with Crippen LogP contribution in [0, 0.1) is 0 Å². The summed E-state index contributed by atoms with van der Waals surface area (Å²) in [6.07, 6.45) is 12.9. The topological polar surface area (TPSA) is 82.3 Å². The van der Waals surface area contributed by atoms with Gasteiger partial charge in [-0.2, -0.15) is 0 Å². The second-order valence-electron chi connectivity index (χ2n) is 8.87. The number of rotatable bonds is 7. The first-order valence-electron chi connectivity index (χ1n) is 12.0. The van der Waals surface area contributed by atoms with Gasteiger partial charge in [0.2, 0.25) is 0 Å². The first kappa shape index (κ1) is 22.4. The summed E-state index contributed by atoms with van der Waals surface area (Å²) in [6, 6.07) is 6.29. The molecule has 0 bridgehead atoms. The summed E-state index contributed by atoms with van der Waals surface area (Å²) in [5.41, 5.74) is 1.04. The third kappa shape index (κ3) is 4.81. The Morgan fingerprint density at radius 1 is 1.09 bits per heavy atom. The number of hydrogen-bond donors (Lipinski definition) is 1. The zero-order valence-electron chi connectivity index (χ0n) is 18.8. The van der Waals surface area contributed by atoms with Gasteiger partial charge in [0.25, 0.3) is 5.56 Å². The van der Waals surface area contributed by atoms with E-state index in [1.165, 1.54) is 36.0 Å². The zero-order valence-corrected chi connectivity index (χ0v) is 18.8. The third-order valence-corrected chi connectivity index (χ3v) is 6.66. The average molecular weight is 440 g/mol. The van der Waals surface area contributed by atoms with E-state index in [1.54, 1.807) is 6.92 Å². The highest BCUT2D eigenvalue weighted by molar-refractivity contribution is 5.82. The molecule has 0 spiro atoms. The Morgan fingerprint density at radius 2 is 1.81 bits per heavy atom. The highest BCUT2D eigenvalue weighted by Gasteiger charge is 2.23. The number of anilines is 1. The lowest BCUT2D eigenvalue weighted by atomic mass is 9.95. The Bertz CT molecular complexity index is 1100. The van der Waals surface area contributed by atoms with E-state index >= 15 is 0 Å². The normalized spacial score (nSPS) is 17.9. The molecule has 1 aromatic heterocycles. The smallest absolute Gasteiger partial charge is 0.332 e. The molecule has 0 atom stereocenters. The molecule has 0 amide bonds. The van der Waals surface area contributed by atoms with E-state index in [2.05, 4.69) is 5.32 Å². The Hall–Kier alpha value is -2.83. The SMILES string of the molecule is CCOC(=O)/C=C/Cn1c(=O)c2ccc(NC3CCCCC3)cc2n(C2CCCC2)c1=O. The number of aromatic nitrogens is 2. The highest BCUT2D eigenvalue weighted by atomic mass is 16.5. The van der Waals surface area contributed by atoms with Crippen LogP contribution in [-0.2, 0) is 16.1 Å². The molecular weight excluding hydrogens is 406 g/mol. The number of nitrogens with zero attached hydrogens (tertiary/aromatic N) is 2. The fourth-order valence-electron chi connectivity index (χ4n) is 5.07. The maximum absolute atomic E-state index is 13.4. The monoisotopic (exact) mass is 439 g/mol. The lowest BCUT2D eigenvalue weighted by Crippen LogP contribution is -2.41. The van der Waals surface area contributed by atoms with Crippen LogP contribution in [0.3, 0.4) is 0 Å². The van der Waals surface area contributed by atoms with Crippen LogP contribution >= 0.6 is 0 Å². The van der Waals surface area contributed by atoms with E-state index in [9.17, 15) is 14.4 Å². The van der Waals surface area contributed by atoms with Gasteiger partial charge in [-0.25, -0.2) is 9.59 Å². The Kier molecular flexibility index (Phi) is 7.12. The molecular formula is C25H33N3O4. The van der Waals surface area contributed by atoms with E-state index in [-0.39, 0.29) is 30.4 Å². The standard InChI is InChI=1S/C25H33N3O4/c1-2-32-23(29)13-8-16-27-24(30)21-15-14-19(26-18-9-4-3-5-10-18)17-22(21)28(25(27)31)20-11-6-7-12-20/h8,13-15,17-18,20,26H,2-7,9-12,16H2,1H3/b13-8+. The number of ether oxygens (including phenoxy) is 1. The highest BCUT2D eigenvalue weighted by Crippen LogP contribution is 2.31. The predicted octanol–water partition coefficient (Wildman–Crippen LogP) is 4.14. The van der Waals surface area contributed by atoms with Crippen LogP contribution in [0.1, 0.15) is 70.8 Å². The molecule has 0 radical (unpaired) electrons. The van der Waals surface area contributed by atoms with Gasteiger partial charge in [-0.15, -0.1) is 0 Å². The van der Waals surface area contributed by atoms with Crippen LogP contribution in [0.2, 0.25) is 0 Å². The van der Waals surface area contributed by atoms with Gasteiger partial charge in [0.1, 0.15) is 0 Å². The molecule has 0 saturated heterocycles. The van der Waals surface area contributed by atoms with Crippen LogP contribution in [0.15, 0.2) is 39.9 Å². The number of carbonyl (C=O) groups is 1. The van der Waals surface area contributed by atoms with Crippen molar-refractivity contribution in [1.29, 1.82) is 0 Å². The van der Waals surface area contributed by atoms with Crippen molar-refractivity contribution in [3.63, 3.8) is 0 Å². The fourth-order valence-corrected chi connectivity index (χ4v) is 5.07. The van der Waals surface area contributed by atoms with Crippen molar-refractivity contribution < 1.29 is 9.53 Å². The van der Waals surface area contributed by atoms with Gasteiger partial charge in [-0.1, -0.05) is 38.2 Å². The van der Waals surface area contributed by atoms with Crippen molar-refractivity contribution >= 4 is 22.6 Å². The molecule has 32 heavy (non-hydrogen) atoms. The molecule has 2 aliphatic carbocycles.